The molecule has 0 bridgehead atoms. The number of nitrogens with zero attached hydrogens (tertiary/aromatic N) is 3. The molecule has 3 rings (SSSR count). The van der Waals surface area contributed by atoms with E-state index in [4.69, 9.17) is 14.5 Å². The van der Waals surface area contributed by atoms with Crippen LogP contribution in [0.15, 0.2) is 66.2 Å². The number of nitrogens with one attached hydrogen (secondary N) is 2. The summed E-state index contributed by atoms with van der Waals surface area (Å²) >= 11 is 0. The first-order valence-electron chi connectivity index (χ1n) is 11.7. The Kier molecular flexibility index (Phi) is 9.63. The highest BCUT2D eigenvalue weighted by atomic mass is 16.5. The van der Waals surface area contributed by atoms with Gasteiger partial charge >= 0.3 is 0 Å². The van der Waals surface area contributed by atoms with E-state index in [-0.39, 0.29) is 0 Å². The lowest BCUT2D eigenvalue weighted by molar-refractivity contribution is 0.287. The van der Waals surface area contributed by atoms with Crippen molar-refractivity contribution >= 4 is 5.96 Å². The second-order valence-corrected chi connectivity index (χ2v) is 7.57. The van der Waals surface area contributed by atoms with Crippen LogP contribution in [-0.2, 0) is 19.5 Å². The molecule has 2 aromatic carbocycles. The summed E-state index contributed by atoms with van der Waals surface area (Å²) in [7, 11) is 0. The fourth-order valence-electron chi connectivity index (χ4n) is 3.43. The summed E-state index contributed by atoms with van der Waals surface area (Å²) in [4.78, 5) is 8.83. The van der Waals surface area contributed by atoms with Crippen molar-refractivity contribution in [3.05, 3.63) is 77.9 Å². The maximum atomic E-state index is 5.74. The van der Waals surface area contributed by atoms with Crippen molar-refractivity contribution in [3.63, 3.8) is 0 Å². The van der Waals surface area contributed by atoms with Crippen LogP contribution in [0.3, 0.4) is 0 Å². The highest BCUT2D eigenvalue weighted by molar-refractivity contribution is 5.79. The molecule has 7 heteroatoms. The van der Waals surface area contributed by atoms with Crippen LogP contribution in [0.5, 0.6) is 11.5 Å². The molecule has 1 aromatic heterocycles. The maximum Gasteiger partial charge on any atom is 0.191 e. The first-order valence-corrected chi connectivity index (χ1v) is 11.7. The average Bonchev–Trinajstić information content (AvgIpc) is 3.33. The quantitative estimate of drug-likeness (QED) is 0.323. The van der Waals surface area contributed by atoms with Crippen molar-refractivity contribution in [2.45, 2.75) is 40.3 Å². The van der Waals surface area contributed by atoms with E-state index in [0.29, 0.717) is 19.8 Å². The van der Waals surface area contributed by atoms with Crippen LogP contribution in [0.25, 0.3) is 0 Å². The van der Waals surface area contributed by atoms with Crippen molar-refractivity contribution in [1.29, 1.82) is 0 Å². The first-order chi connectivity index (χ1) is 16.2. The minimum atomic E-state index is 0.615. The molecule has 7 nitrogen and oxygen atoms in total. The summed E-state index contributed by atoms with van der Waals surface area (Å²) in [5.41, 5.74) is 3.61. The fraction of sp³-hybridized carbons (Fsp3) is 0.385. The lowest BCUT2D eigenvalue weighted by Crippen LogP contribution is -2.38. The Hall–Kier alpha value is -3.48. The van der Waals surface area contributed by atoms with Gasteiger partial charge in [0.2, 0.25) is 0 Å². The zero-order valence-corrected chi connectivity index (χ0v) is 19.9. The minimum absolute atomic E-state index is 0.615. The molecule has 33 heavy (non-hydrogen) atoms. The third-order valence-electron chi connectivity index (χ3n) is 5.03. The van der Waals surface area contributed by atoms with Gasteiger partial charge in [-0.25, -0.2) is 9.98 Å². The first kappa shape index (κ1) is 24.2. The van der Waals surface area contributed by atoms with Gasteiger partial charge in [0, 0.05) is 32.0 Å². The van der Waals surface area contributed by atoms with E-state index in [1.54, 1.807) is 6.20 Å². The molecule has 3 aromatic rings. The van der Waals surface area contributed by atoms with Gasteiger partial charge in [0.05, 0.1) is 26.1 Å². The molecule has 0 saturated heterocycles. The maximum absolute atomic E-state index is 5.74. The minimum Gasteiger partial charge on any atom is -0.490 e. The zero-order valence-electron chi connectivity index (χ0n) is 19.9. The Morgan fingerprint density at radius 3 is 2.33 bits per heavy atom. The molecular weight excluding hydrogens is 414 g/mol. The van der Waals surface area contributed by atoms with Gasteiger partial charge in [0.25, 0.3) is 0 Å². The Balaban J connectivity index is 1.53. The van der Waals surface area contributed by atoms with E-state index in [9.17, 15) is 0 Å². The molecule has 0 saturated carbocycles. The highest BCUT2D eigenvalue weighted by Crippen LogP contribution is 2.28. The number of hydrogen-bond donors (Lipinski definition) is 2. The molecular formula is C26H35N5O2. The van der Waals surface area contributed by atoms with Crippen molar-refractivity contribution in [2.24, 2.45) is 4.99 Å². The van der Waals surface area contributed by atoms with Gasteiger partial charge in [0.15, 0.2) is 17.5 Å². The molecule has 1 heterocycles. The van der Waals surface area contributed by atoms with Gasteiger partial charge < -0.3 is 24.7 Å². The summed E-state index contributed by atoms with van der Waals surface area (Å²) in [6, 6.07) is 14.7. The smallest absolute Gasteiger partial charge is 0.191 e. The molecule has 2 N–H and O–H groups in total. The second kappa shape index (κ2) is 13.2. The van der Waals surface area contributed by atoms with Gasteiger partial charge in [0.1, 0.15) is 0 Å². The van der Waals surface area contributed by atoms with Crippen molar-refractivity contribution < 1.29 is 9.47 Å². The van der Waals surface area contributed by atoms with Gasteiger partial charge in [-0.15, -0.1) is 0 Å². The molecule has 0 spiro atoms. The number of rotatable bonds is 12. The Morgan fingerprint density at radius 2 is 1.64 bits per heavy atom. The topological polar surface area (TPSA) is 72.7 Å². The number of imidazole rings is 1. The summed E-state index contributed by atoms with van der Waals surface area (Å²) in [6.45, 7) is 10.3. The zero-order chi connectivity index (χ0) is 23.3. The molecule has 0 unspecified atom stereocenters. The highest BCUT2D eigenvalue weighted by Gasteiger charge is 2.07. The number of aromatic nitrogens is 2. The predicted molar refractivity (Wildman–Crippen MR) is 133 cm³/mol. The number of benzene rings is 2. The SMILES string of the molecule is CCNC(=NCc1ccc(Cn2ccnc2)cc1)NCCc1ccc(OCC)c(OCC)c1. The van der Waals surface area contributed by atoms with Crippen molar-refractivity contribution in [3.8, 4) is 11.5 Å². The Bertz CT molecular complexity index is 984. The molecule has 176 valence electrons. The molecule has 0 aliphatic heterocycles. The van der Waals surface area contributed by atoms with E-state index < -0.39 is 0 Å². The van der Waals surface area contributed by atoms with Crippen LogP contribution >= 0.6 is 0 Å². The number of hydrogen-bond acceptors (Lipinski definition) is 4. The summed E-state index contributed by atoms with van der Waals surface area (Å²) in [5.74, 6) is 2.41. The van der Waals surface area contributed by atoms with Crippen molar-refractivity contribution in [2.75, 3.05) is 26.3 Å². The molecule has 0 atom stereocenters. The Labute approximate surface area is 196 Å². The van der Waals surface area contributed by atoms with E-state index in [1.165, 1.54) is 16.7 Å². The molecule has 0 radical (unpaired) electrons. The average molecular weight is 450 g/mol. The second-order valence-electron chi connectivity index (χ2n) is 7.57. The van der Waals surface area contributed by atoms with E-state index in [1.807, 2.05) is 32.4 Å². The third kappa shape index (κ3) is 7.86. The van der Waals surface area contributed by atoms with E-state index >= 15 is 0 Å². The monoisotopic (exact) mass is 449 g/mol. The number of guanidine groups is 1. The lowest BCUT2D eigenvalue weighted by atomic mass is 10.1. The van der Waals surface area contributed by atoms with Crippen LogP contribution in [-0.4, -0.2) is 41.8 Å². The lowest BCUT2D eigenvalue weighted by Gasteiger charge is -2.14. The van der Waals surface area contributed by atoms with Crippen LogP contribution in [0.2, 0.25) is 0 Å². The molecule has 0 fully saturated rings. The summed E-state index contributed by atoms with van der Waals surface area (Å²) in [5, 5.41) is 6.75. The summed E-state index contributed by atoms with van der Waals surface area (Å²) in [6.07, 6.45) is 6.46. The van der Waals surface area contributed by atoms with Gasteiger partial charge in [-0.05, 0) is 56.0 Å². The molecule has 0 aliphatic rings. The number of ether oxygens (including phenoxy) is 2. The van der Waals surface area contributed by atoms with Crippen LogP contribution < -0.4 is 20.1 Å². The van der Waals surface area contributed by atoms with E-state index in [0.717, 1.165) is 43.5 Å². The normalized spacial score (nSPS) is 11.3. The molecule has 0 aliphatic carbocycles. The van der Waals surface area contributed by atoms with Crippen molar-refractivity contribution in [1.82, 2.24) is 20.2 Å². The predicted octanol–water partition coefficient (Wildman–Crippen LogP) is 4.03. The van der Waals surface area contributed by atoms with Gasteiger partial charge in [-0.2, -0.15) is 0 Å². The largest absolute Gasteiger partial charge is 0.490 e. The third-order valence-corrected chi connectivity index (χ3v) is 5.03. The summed E-state index contributed by atoms with van der Waals surface area (Å²) < 4.78 is 13.4. The van der Waals surface area contributed by atoms with Crippen LogP contribution in [0.1, 0.15) is 37.5 Å². The van der Waals surface area contributed by atoms with Crippen LogP contribution in [0.4, 0.5) is 0 Å². The van der Waals surface area contributed by atoms with Crippen LogP contribution in [0, 0.1) is 0 Å². The molecule has 0 amide bonds. The van der Waals surface area contributed by atoms with E-state index in [2.05, 4.69) is 63.5 Å². The van der Waals surface area contributed by atoms with Gasteiger partial charge in [-0.1, -0.05) is 30.3 Å². The van der Waals surface area contributed by atoms with Gasteiger partial charge in [-0.3, -0.25) is 0 Å². The fourth-order valence-corrected chi connectivity index (χ4v) is 3.43. The Morgan fingerprint density at radius 1 is 0.909 bits per heavy atom. The number of aliphatic imine (C=N–C) groups is 1. The standard InChI is InChI=1S/C26H35N5O2/c1-4-28-26(29-14-13-21-11-12-24(32-5-2)25(17-21)33-6-3)30-18-22-7-9-23(10-8-22)19-31-16-15-27-20-31/h7-12,15-17,20H,4-6,13-14,18-19H2,1-3H3,(H2,28,29,30).